The van der Waals surface area contributed by atoms with Crippen molar-refractivity contribution < 1.29 is 5.11 Å². The number of hydrogen-bond donors (Lipinski definition) is 2. The molecule has 0 aliphatic carbocycles. The van der Waals surface area contributed by atoms with Crippen molar-refractivity contribution in [1.29, 1.82) is 0 Å². The lowest BCUT2D eigenvalue weighted by Crippen LogP contribution is -2.39. The Morgan fingerprint density at radius 1 is 1.24 bits per heavy atom. The van der Waals surface area contributed by atoms with E-state index < -0.39 is 0 Å². The molecule has 2 N–H and O–H groups in total. The van der Waals surface area contributed by atoms with E-state index in [-0.39, 0.29) is 12.6 Å². The summed E-state index contributed by atoms with van der Waals surface area (Å²) in [5.74, 6) is 1.84. The molecular formula is C20H28N4O. The molecule has 1 aliphatic rings. The average Bonchev–Trinajstić information content (AvgIpc) is 2.58. The minimum atomic E-state index is -0.0471. The first kappa shape index (κ1) is 17.7. The maximum Gasteiger partial charge on any atom is 0.225 e. The maximum atomic E-state index is 9.57. The zero-order valence-corrected chi connectivity index (χ0v) is 15.5. The summed E-state index contributed by atoms with van der Waals surface area (Å²) in [6.07, 6.45) is 1.02. The van der Waals surface area contributed by atoms with Crippen LogP contribution in [0.15, 0.2) is 30.3 Å². The Labute approximate surface area is 150 Å². The lowest BCUT2D eigenvalue weighted by atomic mass is 9.95. The molecule has 25 heavy (non-hydrogen) atoms. The molecule has 5 nitrogen and oxygen atoms in total. The van der Waals surface area contributed by atoms with Gasteiger partial charge in [-0.25, -0.2) is 4.98 Å². The molecule has 0 saturated carbocycles. The first-order chi connectivity index (χ1) is 12.0. The van der Waals surface area contributed by atoms with Gasteiger partial charge < -0.3 is 15.3 Å². The highest BCUT2D eigenvalue weighted by atomic mass is 16.3. The largest absolute Gasteiger partial charge is 0.394 e. The van der Waals surface area contributed by atoms with E-state index in [9.17, 15) is 5.11 Å². The van der Waals surface area contributed by atoms with Crippen LogP contribution in [-0.2, 0) is 13.0 Å². The van der Waals surface area contributed by atoms with E-state index in [1.165, 1.54) is 11.1 Å². The van der Waals surface area contributed by atoms with Gasteiger partial charge in [0, 0.05) is 24.3 Å². The van der Waals surface area contributed by atoms with Gasteiger partial charge in [-0.2, -0.15) is 4.98 Å². The highest BCUT2D eigenvalue weighted by Gasteiger charge is 2.24. The van der Waals surface area contributed by atoms with Crippen LogP contribution in [0.1, 0.15) is 37.6 Å². The number of aromatic nitrogens is 2. The summed E-state index contributed by atoms with van der Waals surface area (Å²) >= 11 is 0. The Balaban J connectivity index is 1.87. The Bertz CT molecular complexity index is 731. The van der Waals surface area contributed by atoms with Gasteiger partial charge in [0.25, 0.3) is 0 Å². The van der Waals surface area contributed by atoms with Crippen molar-refractivity contribution in [3.63, 3.8) is 0 Å². The monoisotopic (exact) mass is 340 g/mol. The summed E-state index contributed by atoms with van der Waals surface area (Å²) in [7, 11) is 0. The van der Waals surface area contributed by atoms with E-state index in [0.29, 0.717) is 17.9 Å². The first-order valence-corrected chi connectivity index (χ1v) is 9.04. The normalized spacial score (nSPS) is 18.2. The van der Waals surface area contributed by atoms with Crippen LogP contribution in [-0.4, -0.2) is 33.8 Å². The molecule has 2 aromatic rings. The fraction of sp³-hybridized carbons (Fsp3) is 0.500. The van der Waals surface area contributed by atoms with Crippen molar-refractivity contribution in [3.05, 3.63) is 47.2 Å². The van der Waals surface area contributed by atoms with E-state index >= 15 is 0 Å². The molecular weight excluding hydrogens is 312 g/mol. The molecule has 2 atom stereocenters. The average molecular weight is 340 g/mol. The fourth-order valence-electron chi connectivity index (χ4n) is 3.34. The number of benzene rings is 1. The van der Waals surface area contributed by atoms with Crippen LogP contribution in [0, 0.1) is 12.8 Å². The molecule has 5 heteroatoms. The van der Waals surface area contributed by atoms with Crippen molar-refractivity contribution in [3.8, 4) is 0 Å². The Kier molecular flexibility index (Phi) is 5.23. The predicted octanol–water partition coefficient (Wildman–Crippen LogP) is 3.17. The molecule has 1 aliphatic heterocycles. The number of hydrogen-bond acceptors (Lipinski definition) is 5. The summed E-state index contributed by atoms with van der Waals surface area (Å²) in [5.41, 5.74) is 3.72. The zero-order chi connectivity index (χ0) is 18.0. The number of aliphatic hydroxyl groups excluding tert-OH is 1. The number of fused-ring (bicyclic) bond motifs is 1. The smallest absolute Gasteiger partial charge is 0.225 e. The summed E-state index contributed by atoms with van der Waals surface area (Å²) in [6, 6.07) is 11.0. The van der Waals surface area contributed by atoms with E-state index in [4.69, 9.17) is 4.98 Å². The van der Waals surface area contributed by atoms with Crippen LogP contribution >= 0.6 is 0 Å². The van der Waals surface area contributed by atoms with Gasteiger partial charge in [0.15, 0.2) is 0 Å². The molecule has 0 saturated heterocycles. The van der Waals surface area contributed by atoms with Crippen LogP contribution in [0.5, 0.6) is 0 Å². The van der Waals surface area contributed by atoms with Gasteiger partial charge in [0.1, 0.15) is 5.82 Å². The number of rotatable bonds is 5. The van der Waals surface area contributed by atoms with E-state index in [1.807, 2.05) is 13.0 Å². The van der Waals surface area contributed by atoms with Gasteiger partial charge in [-0.1, -0.05) is 38.1 Å². The summed E-state index contributed by atoms with van der Waals surface area (Å²) < 4.78 is 0. The van der Waals surface area contributed by atoms with Gasteiger partial charge in [0.2, 0.25) is 5.95 Å². The molecule has 0 unspecified atom stereocenters. The predicted molar refractivity (Wildman–Crippen MR) is 102 cm³/mol. The van der Waals surface area contributed by atoms with Crippen molar-refractivity contribution in [2.45, 2.75) is 52.7 Å². The third-order valence-corrected chi connectivity index (χ3v) is 4.96. The molecule has 0 fully saturated rings. The quantitative estimate of drug-likeness (QED) is 0.875. The third-order valence-electron chi connectivity index (χ3n) is 4.96. The van der Waals surface area contributed by atoms with Crippen LogP contribution in [0.4, 0.5) is 11.8 Å². The van der Waals surface area contributed by atoms with Gasteiger partial charge in [-0.15, -0.1) is 0 Å². The molecule has 1 aromatic carbocycles. The summed E-state index contributed by atoms with van der Waals surface area (Å²) in [6.45, 7) is 9.31. The molecule has 134 valence electrons. The van der Waals surface area contributed by atoms with E-state index in [1.54, 1.807) is 0 Å². The molecule has 1 aromatic heterocycles. The van der Waals surface area contributed by atoms with Gasteiger partial charge in [-0.05, 0) is 37.3 Å². The first-order valence-electron chi connectivity index (χ1n) is 9.04. The highest BCUT2D eigenvalue weighted by Crippen LogP contribution is 2.28. The van der Waals surface area contributed by atoms with Crippen LogP contribution in [0.25, 0.3) is 0 Å². The van der Waals surface area contributed by atoms with E-state index in [0.717, 1.165) is 24.5 Å². The van der Waals surface area contributed by atoms with Crippen LogP contribution in [0.2, 0.25) is 0 Å². The lowest BCUT2D eigenvalue weighted by Gasteiger charge is -2.36. The lowest BCUT2D eigenvalue weighted by molar-refractivity contribution is 0.248. The Hall–Kier alpha value is -2.14. The molecule has 0 bridgehead atoms. The maximum absolute atomic E-state index is 9.57. The number of aliphatic hydroxyl groups is 1. The minimum Gasteiger partial charge on any atom is -0.394 e. The minimum absolute atomic E-state index is 0.0471. The molecule has 0 spiro atoms. The van der Waals surface area contributed by atoms with Gasteiger partial charge in [-0.3, -0.25) is 0 Å². The Morgan fingerprint density at radius 2 is 1.96 bits per heavy atom. The van der Waals surface area contributed by atoms with Crippen molar-refractivity contribution in [2.24, 2.45) is 5.92 Å². The molecule has 0 radical (unpaired) electrons. The Morgan fingerprint density at radius 3 is 2.64 bits per heavy atom. The van der Waals surface area contributed by atoms with Gasteiger partial charge in [0.05, 0.1) is 12.6 Å². The third kappa shape index (κ3) is 3.93. The van der Waals surface area contributed by atoms with E-state index in [2.05, 4.69) is 60.2 Å². The number of anilines is 2. The summed E-state index contributed by atoms with van der Waals surface area (Å²) in [4.78, 5) is 11.6. The molecule has 3 rings (SSSR count). The van der Waals surface area contributed by atoms with Crippen LogP contribution in [0.3, 0.4) is 0 Å². The molecule has 0 amide bonds. The van der Waals surface area contributed by atoms with Gasteiger partial charge >= 0.3 is 0 Å². The molecule has 2 heterocycles. The van der Waals surface area contributed by atoms with Crippen molar-refractivity contribution in [1.82, 2.24) is 9.97 Å². The topological polar surface area (TPSA) is 61.3 Å². The van der Waals surface area contributed by atoms with Crippen molar-refractivity contribution >= 4 is 11.8 Å². The number of nitrogens with one attached hydrogen (secondary N) is 1. The zero-order valence-electron chi connectivity index (χ0n) is 15.5. The second-order valence-corrected chi connectivity index (χ2v) is 7.32. The van der Waals surface area contributed by atoms with Crippen LogP contribution < -0.4 is 10.2 Å². The second-order valence-electron chi connectivity index (χ2n) is 7.32. The highest BCUT2D eigenvalue weighted by molar-refractivity contribution is 5.49. The fourth-order valence-corrected chi connectivity index (χ4v) is 3.34. The van der Waals surface area contributed by atoms with Crippen molar-refractivity contribution in [2.75, 3.05) is 16.8 Å². The number of aryl methyl sites for hydroxylation is 1. The standard InChI is InChI=1S/C20H28N4O/c1-13(2)18(12-25)22-20-21-14(3)9-19(23-20)24-11-17-8-6-5-7-16(17)10-15(24)4/h5-9,13,15,18,25H,10-12H2,1-4H3,(H,21,22,23)/t15-,18-/m1/s1. The number of nitrogens with zero attached hydrogens (tertiary/aromatic N) is 3. The SMILES string of the molecule is Cc1cc(N2Cc3ccccc3C[C@H]2C)nc(N[C@H](CO)C(C)C)n1. The summed E-state index contributed by atoms with van der Waals surface area (Å²) in [5, 5.41) is 12.9. The second kappa shape index (κ2) is 7.40.